The first kappa shape index (κ1) is 18.2. The molecule has 1 amide bonds. The highest BCUT2D eigenvalue weighted by Crippen LogP contribution is 2.37. The Morgan fingerprint density at radius 3 is 2.25 bits per heavy atom. The first-order valence-electron chi connectivity index (χ1n) is 8.97. The summed E-state index contributed by atoms with van der Waals surface area (Å²) in [6, 6.07) is 21.5. The molecule has 0 radical (unpaired) electrons. The van der Waals surface area contributed by atoms with Gasteiger partial charge >= 0.3 is 0 Å². The fraction of sp³-hybridized carbons (Fsp3) is 0.0870. The lowest BCUT2D eigenvalue weighted by atomic mass is 10.2. The molecule has 2 aromatic carbocycles. The number of anilines is 1. The van der Waals surface area contributed by atoms with Crippen LogP contribution in [0.3, 0.4) is 0 Å². The van der Waals surface area contributed by atoms with Gasteiger partial charge in [0.1, 0.15) is 0 Å². The highest BCUT2D eigenvalue weighted by atomic mass is 32.2. The van der Waals surface area contributed by atoms with Crippen molar-refractivity contribution < 1.29 is 4.79 Å². The highest BCUT2D eigenvalue weighted by molar-refractivity contribution is 8.19. The fourth-order valence-corrected chi connectivity index (χ4v) is 3.78. The van der Waals surface area contributed by atoms with Gasteiger partial charge in [0, 0.05) is 6.20 Å². The molecule has 3 aromatic rings. The predicted octanol–water partition coefficient (Wildman–Crippen LogP) is 5.51. The summed E-state index contributed by atoms with van der Waals surface area (Å²) in [6.45, 7) is 4.06. The number of aromatic nitrogens is 1. The SMILES string of the molecule is Cc1ccc(N=C2SC(=Cc3ccccn3)C(=O)N2c2ccc(C)cc2)cc1. The van der Waals surface area contributed by atoms with Gasteiger partial charge in [0.15, 0.2) is 5.17 Å². The molecule has 0 aliphatic carbocycles. The lowest BCUT2D eigenvalue weighted by Gasteiger charge is -2.16. The predicted molar refractivity (Wildman–Crippen MR) is 117 cm³/mol. The van der Waals surface area contributed by atoms with E-state index in [1.165, 1.54) is 17.3 Å². The van der Waals surface area contributed by atoms with Crippen LogP contribution in [0.25, 0.3) is 6.08 Å². The summed E-state index contributed by atoms with van der Waals surface area (Å²) in [5, 5.41) is 0.639. The lowest BCUT2D eigenvalue weighted by molar-refractivity contribution is -0.113. The summed E-state index contributed by atoms with van der Waals surface area (Å²) in [5.74, 6) is -0.0923. The van der Waals surface area contributed by atoms with Crippen molar-refractivity contribution in [2.45, 2.75) is 13.8 Å². The van der Waals surface area contributed by atoms with Gasteiger partial charge in [-0.15, -0.1) is 0 Å². The van der Waals surface area contributed by atoms with Gasteiger partial charge in [0.05, 0.1) is 22.0 Å². The number of carbonyl (C=O) groups is 1. The standard InChI is InChI=1S/C23H19N3OS/c1-16-6-10-18(11-7-16)25-23-26(20-12-8-17(2)9-13-20)22(27)21(28-23)15-19-5-3-4-14-24-19/h3-15H,1-2H3. The van der Waals surface area contributed by atoms with Crippen molar-refractivity contribution >= 4 is 40.3 Å². The number of rotatable bonds is 3. The lowest BCUT2D eigenvalue weighted by Crippen LogP contribution is -2.28. The third kappa shape index (κ3) is 3.89. The Bertz CT molecular complexity index is 1060. The van der Waals surface area contributed by atoms with Crippen LogP contribution in [0, 0.1) is 13.8 Å². The van der Waals surface area contributed by atoms with Crippen molar-refractivity contribution in [3.63, 3.8) is 0 Å². The summed E-state index contributed by atoms with van der Waals surface area (Å²) in [5.41, 5.74) is 4.68. The molecule has 1 aliphatic rings. The van der Waals surface area contributed by atoms with Crippen LogP contribution >= 0.6 is 11.8 Å². The summed E-state index contributed by atoms with van der Waals surface area (Å²) in [6.07, 6.45) is 3.53. The quantitative estimate of drug-likeness (QED) is 0.559. The fourth-order valence-electron chi connectivity index (χ4n) is 2.80. The van der Waals surface area contributed by atoms with Crippen molar-refractivity contribution in [3.05, 3.63) is 94.7 Å². The van der Waals surface area contributed by atoms with E-state index in [-0.39, 0.29) is 5.91 Å². The molecule has 1 fully saturated rings. The molecule has 0 saturated carbocycles. The third-order valence-electron chi connectivity index (χ3n) is 4.32. The van der Waals surface area contributed by atoms with Crippen molar-refractivity contribution in [1.82, 2.24) is 4.98 Å². The minimum absolute atomic E-state index is 0.0923. The molecular formula is C23H19N3OS. The molecule has 4 nitrogen and oxygen atoms in total. The van der Waals surface area contributed by atoms with Crippen molar-refractivity contribution in [1.29, 1.82) is 0 Å². The maximum atomic E-state index is 13.2. The number of carbonyl (C=O) groups excluding carboxylic acids is 1. The van der Waals surface area contributed by atoms with E-state index in [1.54, 1.807) is 11.1 Å². The molecule has 1 aliphatic heterocycles. The molecule has 28 heavy (non-hydrogen) atoms. The number of amidine groups is 1. The van der Waals surface area contributed by atoms with Crippen LogP contribution in [0.1, 0.15) is 16.8 Å². The van der Waals surface area contributed by atoms with Crippen LogP contribution in [0.15, 0.2) is 82.8 Å². The third-order valence-corrected chi connectivity index (χ3v) is 5.29. The molecule has 1 saturated heterocycles. The van der Waals surface area contributed by atoms with E-state index in [4.69, 9.17) is 4.99 Å². The minimum atomic E-state index is -0.0923. The summed E-state index contributed by atoms with van der Waals surface area (Å²) in [4.78, 5) is 24.5. The monoisotopic (exact) mass is 385 g/mol. The van der Waals surface area contributed by atoms with Gasteiger partial charge in [0.2, 0.25) is 0 Å². The van der Waals surface area contributed by atoms with Gasteiger partial charge in [-0.2, -0.15) is 0 Å². The maximum absolute atomic E-state index is 13.2. The van der Waals surface area contributed by atoms with Crippen molar-refractivity contribution in [3.8, 4) is 0 Å². The van der Waals surface area contributed by atoms with Gasteiger partial charge in [-0.05, 0) is 68.1 Å². The molecule has 1 aromatic heterocycles. The van der Waals surface area contributed by atoms with E-state index in [1.807, 2.05) is 86.7 Å². The molecule has 0 atom stereocenters. The largest absolute Gasteiger partial charge is 0.271 e. The number of aliphatic imine (C=N–C) groups is 1. The molecule has 0 unspecified atom stereocenters. The number of hydrogen-bond acceptors (Lipinski definition) is 4. The van der Waals surface area contributed by atoms with Gasteiger partial charge in [-0.3, -0.25) is 14.7 Å². The van der Waals surface area contributed by atoms with Crippen LogP contribution < -0.4 is 4.90 Å². The van der Waals surface area contributed by atoms with E-state index in [0.717, 1.165) is 22.6 Å². The number of pyridine rings is 1. The van der Waals surface area contributed by atoms with Gasteiger partial charge < -0.3 is 0 Å². The van der Waals surface area contributed by atoms with E-state index >= 15 is 0 Å². The molecule has 0 spiro atoms. The van der Waals surface area contributed by atoms with Crippen LogP contribution in [-0.2, 0) is 4.79 Å². The van der Waals surface area contributed by atoms with E-state index < -0.39 is 0 Å². The van der Waals surface area contributed by atoms with E-state index in [0.29, 0.717) is 10.1 Å². The zero-order valence-corrected chi connectivity index (χ0v) is 16.5. The molecular weight excluding hydrogens is 366 g/mol. The Kier molecular flexibility index (Phi) is 5.08. The number of amides is 1. The van der Waals surface area contributed by atoms with Gasteiger partial charge in [0.25, 0.3) is 5.91 Å². The second-order valence-electron chi connectivity index (χ2n) is 6.57. The van der Waals surface area contributed by atoms with Crippen LogP contribution in [0.5, 0.6) is 0 Å². The van der Waals surface area contributed by atoms with Crippen LogP contribution in [0.4, 0.5) is 11.4 Å². The van der Waals surface area contributed by atoms with Crippen LogP contribution in [0.2, 0.25) is 0 Å². The Balaban J connectivity index is 1.77. The zero-order chi connectivity index (χ0) is 19.5. The van der Waals surface area contributed by atoms with Gasteiger partial charge in [-0.25, -0.2) is 4.99 Å². The van der Waals surface area contributed by atoms with E-state index in [9.17, 15) is 4.79 Å². The smallest absolute Gasteiger partial charge is 0.268 e. The normalized spacial score (nSPS) is 16.9. The number of nitrogens with zero attached hydrogens (tertiary/aromatic N) is 3. The average Bonchev–Trinajstić information content (AvgIpc) is 3.00. The Labute approximate surface area is 168 Å². The zero-order valence-electron chi connectivity index (χ0n) is 15.7. The van der Waals surface area contributed by atoms with Crippen LogP contribution in [-0.4, -0.2) is 16.1 Å². The number of hydrogen-bond donors (Lipinski definition) is 0. The topological polar surface area (TPSA) is 45.6 Å². The second kappa shape index (κ2) is 7.82. The maximum Gasteiger partial charge on any atom is 0.271 e. The Morgan fingerprint density at radius 2 is 1.61 bits per heavy atom. The molecule has 4 rings (SSSR count). The Hall–Kier alpha value is -3.18. The minimum Gasteiger partial charge on any atom is -0.268 e. The number of aryl methyl sites for hydroxylation is 2. The second-order valence-corrected chi connectivity index (χ2v) is 7.58. The van der Waals surface area contributed by atoms with Crippen molar-refractivity contribution in [2.75, 3.05) is 4.90 Å². The Morgan fingerprint density at radius 1 is 0.929 bits per heavy atom. The number of benzene rings is 2. The molecule has 138 valence electrons. The van der Waals surface area contributed by atoms with E-state index in [2.05, 4.69) is 4.98 Å². The average molecular weight is 385 g/mol. The van der Waals surface area contributed by atoms with Gasteiger partial charge in [-0.1, -0.05) is 41.5 Å². The molecule has 5 heteroatoms. The summed E-state index contributed by atoms with van der Waals surface area (Å²) < 4.78 is 0. The highest BCUT2D eigenvalue weighted by Gasteiger charge is 2.34. The summed E-state index contributed by atoms with van der Waals surface area (Å²) in [7, 11) is 0. The first-order valence-corrected chi connectivity index (χ1v) is 9.79. The van der Waals surface area contributed by atoms with Crippen molar-refractivity contribution in [2.24, 2.45) is 4.99 Å². The first-order chi connectivity index (χ1) is 13.6. The molecule has 0 bridgehead atoms. The molecule has 2 heterocycles. The molecule has 0 N–H and O–H groups in total. The summed E-state index contributed by atoms with van der Waals surface area (Å²) >= 11 is 1.37. The number of thioether (sulfide) groups is 1.